The van der Waals surface area contributed by atoms with Gasteiger partial charge in [0.2, 0.25) is 10.0 Å². The van der Waals surface area contributed by atoms with E-state index in [4.69, 9.17) is 4.74 Å². The largest absolute Gasteiger partial charge is 0.496 e. The molecule has 9 heteroatoms. The van der Waals surface area contributed by atoms with E-state index in [2.05, 4.69) is 34.9 Å². The highest BCUT2D eigenvalue weighted by molar-refractivity contribution is 7.93. The highest BCUT2D eigenvalue weighted by atomic mass is 35.5. The van der Waals surface area contributed by atoms with Crippen molar-refractivity contribution in [2.75, 3.05) is 25.0 Å². The Kier molecular flexibility index (Phi) is 11.3. The average molecular weight is 505 g/mol. The number of rotatable bonds is 8. The number of ether oxygens (including phenoxy) is 1. The first-order valence-electron chi connectivity index (χ1n) is 10.5. The van der Waals surface area contributed by atoms with E-state index in [0.717, 1.165) is 30.7 Å². The monoisotopic (exact) mass is 503 g/mol. The molecular formula is C23H35Cl2N3O3S. The highest BCUT2D eigenvalue weighted by Gasteiger charge is 2.26. The van der Waals surface area contributed by atoms with Crippen molar-refractivity contribution in [1.29, 1.82) is 0 Å². The van der Waals surface area contributed by atoms with Crippen LogP contribution in [-0.4, -0.2) is 40.4 Å². The number of anilines is 1. The molecule has 0 unspecified atom stereocenters. The molecule has 32 heavy (non-hydrogen) atoms. The average Bonchev–Trinajstić information content (AvgIpc) is 2.77. The van der Waals surface area contributed by atoms with Crippen molar-refractivity contribution in [2.24, 2.45) is 0 Å². The third-order valence-electron chi connectivity index (χ3n) is 5.78. The SMILES string of the molecule is COc1ccc(N(C)S(=O)(=O)C(C)C)cc1CN[C@H]1CCCN[C@H]1c1ccccc1.Cl.Cl. The molecule has 0 aromatic heterocycles. The molecule has 1 aliphatic heterocycles. The van der Waals surface area contributed by atoms with Gasteiger partial charge in [0.25, 0.3) is 0 Å². The van der Waals surface area contributed by atoms with Crippen molar-refractivity contribution >= 4 is 40.5 Å². The van der Waals surface area contributed by atoms with Crippen LogP contribution in [0.25, 0.3) is 0 Å². The number of benzene rings is 2. The number of halogens is 2. The molecule has 2 atom stereocenters. The molecule has 1 fully saturated rings. The first-order chi connectivity index (χ1) is 14.3. The zero-order valence-corrected chi connectivity index (χ0v) is 21.5. The van der Waals surface area contributed by atoms with Gasteiger partial charge in [0, 0.05) is 31.2 Å². The maximum atomic E-state index is 12.6. The molecule has 0 amide bonds. The molecule has 2 aromatic rings. The Morgan fingerprint density at radius 1 is 1.16 bits per heavy atom. The molecule has 0 aliphatic carbocycles. The quantitative estimate of drug-likeness (QED) is 0.561. The lowest BCUT2D eigenvalue weighted by Crippen LogP contribution is -2.45. The van der Waals surface area contributed by atoms with E-state index < -0.39 is 15.3 Å². The van der Waals surface area contributed by atoms with Crippen LogP contribution in [0.3, 0.4) is 0 Å². The molecular weight excluding hydrogens is 469 g/mol. The lowest BCUT2D eigenvalue weighted by molar-refractivity contribution is 0.303. The Balaban J connectivity index is 0.00000256. The smallest absolute Gasteiger partial charge is 0.237 e. The lowest BCUT2D eigenvalue weighted by atomic mass is 9.92. The summed E-state index contributed by atoms with van der Waals surface area (Å²) in [5.74, 6) is 0.752. The van der Waals surface area contributed by atoms with Crippen LogP contribution in [0.15, 0.2) is 48.5 Å². The minimum atomic E-state index is -3.38. The number of nitrogens with one attached hydrogen (secondary N) is 2. The van der Waals surface area contributed by atoms with Gasteiger partial charge in [-0.2, -0.15) is 0 Å². The van der Waals surface area contributed by atoms with Crippen molar-refractivity contribution in [2.45, 2.75) is 50.6 Å². The fourth-order valence-electron chi connectivity index (χ4n) is 3.92. The highest BCUT2D eigenvalue weighted by Crippen LogP contribution is 2.28. The van der Waals surface area contributed by atoms with Crippen LogP contribution in [0.1, 0.15) is 43.9 Å². The summed E-state index contributed by atoms with van der Waals surface area (Å²) in [6.45, 7) is 4.99. The van der Waals surface area contributed by atoms with Gasteiger partial charge in [0.05, 0.1) is 18.0 Å². The molecule has 0 saturated carbocycles. The molecule has 0 spiro atoms. The van der Waals surface area contributed by atoms with E-state index in [9.17, 15) is 8.42 Å². The summed E-state index contributed by atoms with van der Waals surface area (Å²) in [5, 5.41) is 6.83. The Bertz CT molecular complexity index is 943. The molecule has 2 aromatic carbocycles. The van der Waals surface area contributed by atoms with Gasteiger partial charge in [-0.1, -0.05) is 30.3 Å². The zero-order valence-electron chi connectivity index (χ0n) is 19.1. The topological polar surface area (TPSA) is 70.7 Å². The third-order valence-corrected chi connectivity index (χ3v) is 7.94. The summed E-state index contributed by atoms with van der Waals surface area (Å²) in [6, 6.07) is 16.6. The molecule has 1 saturated heterocycles. The van der Waals surface area contributed by atoms with Crippen molar-refractivity contribution in [3.63, 3.8) is 0 Å². The van der Waals surface area contributed by atoms with E-state index in [1.807, 2.05) is 18.2 Å². The predicted octanol–water partition coefficient (Wildman–Crippen LogP) is 4.30. The number of nitrogens with zero attached hydrogens (tertiary/aromatic N) is 1. The van der Waals surface area contributed by atoms with Gasteiger partial charge in [0.15, 0.2) is 0 Å². The molecule has 0 radical (unpaired) electrons. The molecule has 2 N–H and O–H groups in total. The summed E-state index contributed by atoms with van der Waals surface area (Å²) in [4.78, 5) is 0. The van der Waals surface area contributed by atoms with Gasteiger partial charge in [-0.3, -0.25) is 4.31 Å². The number of methoxy groups -OCH3 is 1. The predicted molar refractivity (Wildman–Crippen MR) is 137 cm³/mol. The van der Waals surface area contributed by atoms with Crippen LogP contribution < -0.4 is 19.7 Å². The van der Waals surface area contributed by atoms with E-state index in [1.165, 1.54) is 9.87 Å². The van der Waals surface area contributed by atoms with E-state index in [1.54, 1.807) is 34.1 Å². The molecule has 180 valence electrons. The second-order valence-corrected chi connectivity index (χ2v) is 10.5. The molecule has 6 nitrogen and oxygen atoms in total. The maximum Gasteiger partial charge on any atom is 0.237 e. The van der Waals surface area contributed by atoms with Crippen molar-refractivity contribution in [3.05, 3.63) is 59.7 Å². The Morgan fingerprint density at radius 2 is 1.84 bits per heavy atom. The third kappa shape index (κ3) is 6.51. The fraction of sp³-hybridized carbons (Fsp3) is 0.478. The number of sulfonamides is 1. The number of hydrogen-bond acceptors (Lipinski definition) is 5. The lowest BCUT2D eigenvalue weighted by Gasteiger charge is -2.34. The summed E-state index contributed by atoms with van der Waals surface area (Å²) >= 11 is 0. The van der Waals surface area contributed by atoms with Gasteiger partial charge in [-0.05, 0) is 57.0 Å². The van der Waals surface area contributed by atoms with Crippen molar-refractivity contribution in [3.8, 4) is 5.75 Å². The molecule has 1 heterocycles. The first-order valence-corrected chi connectivity index (χ1v) is 12.0. The van der Waals surface area contributed by atoms with Gasteiger partial charge >= 0.3 is 0 Å². The summed E-state index contributed by atoms with van der Waals surface area (Å²) in [6.07, 6.45) is 2.20. The van der Waals surface area contributed by atoms with Gasteiger partial charge in [-0.15, -0.1) is 24.8 Å². The van der Waals surface area contributed by atoms with Crippen LogP contribution in [-0.2, 0) is 16.6 Å². The molecule has 0 bridgehead atoms. The van der Waals surface area contributed by atoms with Crippen molar-refractivity contribution in [1.82, 2.24) is 10.6 Å². The maximum absolute atomic E-state index is 12.6. The van der Waals surface area contributed by atoms with E-state index in [-0.39, 0.29) is 36.9 Å². The zero-order chi connectivity index (χ0) is 21.7. The Morgan fingerprint density at radius 3 is 2.47 bits per heavy atom. The standard InChI is InChI=1S/C23H33N3O3S.2ClH/c1-17(2)30(27,28)26(3)20-12-13-22(29-4)19(15-20)16-25-21-11-8-14-24-23(21)18-9-6-5-7-10-18;;/h5-7,9-10,12-13,15,17,21,23-25H,8,11,14,16H2,1-4H3;2*1H/t21-,23-;;/m0../s1. The fourth-order valence-corrected chi connectivity index (χ4v) is 4.96. The Labute approximate surface area is 205 Å². The van der Waals surface area contributed by atoms with Crippen molar-refractivity contribution < 1.29 is 13.2 Å². The summed E-state index contributed by atoms with van der Waals surface area (Å²) < 4.78 is 32.0. The van der Waals surface area contributed by atoms with E-state index in [0.29, 0.717) is 12.2 Å². The van der Waals surface area contributed by atoms with Crippen LogP contribution >= 0.6 is 24.8 Å². The van der Waals surface area contributed by atoms with Gasteiger partial charge < -0.3 is 15.4 Å². The molecule has 3 rings (SSSR count). The normalized spacial score (nSPS) is 18.4. The first kappa shape index (κ1) is 28.5. The number of piperidine rings is 1. The van der Waals surface area contributed by atoms with Crippen LogP contribution in [0, 0.1) is 0 Å². The Hall–Kier alpha value is -1.51. The minimum Gasteiger partial charge on any atom is -0.496 e. The second-order valence-electron chi connectivity index (χ2n) is 8.03. The van der Waals surface area contributed by atoms with Crippen LogP contribution in [0.5, 0.6) is 5.75 Å². The summed E-state index contributed by atoms with van der Waals surface area (Å²) in [7, 11) is -0.141. The second kappa shape index (κ2) is 12.7. The van der Waals surface area contributed by atoms with Crippen LogP contribution in [0.4, 0.5) is 5.69 Å². The molecule has 1 aliphatic rings. The number of hydrogen-bond donors (Lipinski definition) is 2. The summed E-state index contributed by atoms with van der Waals surface area (Å²) in [5.41, 5.74) is 2.86. The van der Waals surface area contributed by atoms with Crippen LogP contribution in [0.2, 0.25) is 0 Å². The minimum absolute atomic E-state index is 0. The van der Waals surface area contributed by atoms with E-state index >= 15 is 0 Å². The van der Waals surface area contributed by atoms with Gasteiger partial charge in [0.1, 0.15) is 5.75 Å². The van der Waals surface area contributed by atoms with Gasteiger partial charge in [-0.25, -0.2) is 8.42 Å².